The summed E-state index contributed by atoms with van der Waals surface area (Å²) < 4.78 is 73.7. The maximum Gasteiger partial charge on any atom is 0.416 e. The number of hydrogen-bond donors (Lipinski definition) is 1. The van der Waals surface area contributed by atoms with Crippen molar-refractivity contribution >= 4 is 21.8 Å². The van der Waals surface area contributed by atoms with Crippen molar-refractivity contribution in [3.05, 3.63) is 89.0 Å². The SMILES string of the molecule is CCN(Cc1cc(C(F)(F)F)ccc1Oc1cccc(CC(=O)O)c1)S(=O)(=O)c1ccc(C(C)=O)cc1. The highest BCUT2D eigenvalue weighted by atomic mass is 32.2. The molecule has 0 heterocycles. The lowest BCUT2D eigenvalue weighted by molar-refractivity contribution is -0.138. The lowest BCUT2D eigenvalue weighted by Gasteiger charge is -2.23. The van der Waals surface area contributed by atoms with Gasteiger partial charge in [0.25, 0.3) is 0 Å². The predicted molar refractivity (Wildman–Crippen MR) is 129 cm³/mol. The van der Waals surface area contributed by atoms with E-state index in [1.807, 2.05) is 0 Å². The molecule has 3 aromatic rings. The smallest absolute Gasteiger partial charge is 0.416 e. The summed E-state index contributed by atoms with van der Waals surface area (Å²) >= 11 is 0. The Balaban J connectivity index is 1.99. The second-order valence-electron chi connectivity index (χ2n) is 8.15. The molecule has 7 nitrogen and oxygen atoms in total. The number of benzene rings is 3. The van der Waals surface area contributed by atoms with Crippen molar-refractivity contribution in [2.45, 2.75) is 37.9 Å². The van der Waals surface area contributed by atoms with Crippen molar-refractivity contribution in [3.63, 3.8) is 0 Å². The minimum absolute atomic E-state index is 0.0129. The number of carboxylic acid groups (broad SMARTS) is 1. The summed E-state index contributed by atoms with van der Waals surface area (Å²) in [6.07, 6.45) is -4.95. The molecule has 0 saturated heterocycles. The van der Waals surface area contributed by atoms with Crippen molar-refractivity contribution in [1.82, 2.24) is 4.31 Å². The average Bonchev–Trinajstić information content (AvgIpc) is 2.82. The number of carbonyl (C=O) groups excluding carboxylic acids is 1. The number of nitrogens with zero attached hydrogens (tertiary/aromatic N) is 1. The van der Waals surface area contributed by atoms with Gasteiger partial charge in [0.15, 0.2) is 5.78 Å². The number of alkyl halides is 3. The monoisotopic (exact) mass is 535 g/mol. The van der Waals surface area contributed by atoms with Gasteiger partial charge in [-0.3, -0.25) is 9.59 Å². The van der Waals surface area contributed by atoms with E-state index in [0.29, 0.717) is 11.1 Å². The summed E-state index contributed by atoms with van der Waals surface area (Å²) in [5.41, 5.74) is -0.274. The van der Waals surface area contributed by atoms with Gasteiger partial charge < -0.3 is 9.84 Å². The van der Waals surface area contributed by atoms with Gasteiger partial charge in [-0.1, -0.05) is 31.2 Å². The van der Waals surface area contributed by atoms with Crippen LogP contribution in [0.2, 0.25) is 0 Å². The van der Waals surface area contributed by atoms with Crippen LogP contribution in [0.5, 0.6) is 11.5 Å². The second-order valence-corrected chi connectivity index (χ2v) is 10.1. The lowest BCUT2D eigenvalue weighted by atomic mass is 10.1. The van der Waals surface area contributed by atoms with Gasteiger partial charge in [0.1, 0.15) is 11.5 Å². The number of aliphatic carboxylic acids is 1. The quantitative estimate of drug-likeness (QED) is 0.342. The van der Waals surface area contributed by atoms with Gasteiger partial charge in [0, 0.05) is 24.2 Å². The normalized spacial score (nSPS) is 11.9. The standard InChI is InChI=1S/C26H24F3NO6S/c1-3-30(37(34,35)23-10-7-19(8-11-23)17(2)31)16-20-15-21(26(27,28)29)9-12-24(20)36-22-6-4-5-18(13-22)14-25(32)33/h4-13,15H,3,14,16H2,1-2H3,(H,32,33). The van der Waals surface area contributed by atoms with Gasteiger partial charge >= 0.3 is 12.1 Å². The molecule has 0 fully saturated rings. The van der Waals surface area contributed by atoms with Crippen molar-refractivity contribution in [1.29, 1.82) is 0 Å². The minimum atomic E-state index is -4.67. The van der Waals surface area contributed by atoms with Crippen molar-refractivity contribution in [2.75, 3.05) is 6.54 Å². The number of ketones is 1. The summed E-state index contributed by atoms with van der Waals surface area (Å²) in [4.78, 5) is 22.4. The zero-order valence-electron chi connectivity index (χ0n) is 19.9. The Morgan fingerprint density at radius 2 is 1.68 bits per heavy atom. The molecule has 0 aromatic heterocycles. The third kappa shape index (κ3) is 6.95. The molecule has 0 saturated carbocycles. The molecule has 0 amide bonds. The maximum absolute atomic E-state index is 13.5. The number of rotatable bonds is 10. The first kappa shape index (κ1) is 27.9. The Hall–Kier alpha value is -3.70. The number of carboxylic acids is 1. The van der Waals surface area contributed by atoms with E-state index in [2.05, 4.69) is 0 Å². The Bertz CT molecular complexity index is 1400. The molecule has 0 atom stereocenters. The van der Waals surface area contributed by atoms with Crippen LogP contribution >= 0.6 is 0 Å². The van der Waals surface area contributed by atoms with Gasteiger partial charge in [0.2, 0.25) is 10.0 Å². The fourth-order valence-electron chi connectivity index (χ4n) is 3.57. The van der Waals surface area contributed by atoms with Gasteiger partial charge in [-0.2, -0.15) is 17.5 Å². The van der Waals surface area contributed by atoms with Crippen LogP contribution in [0.1, 0.15) is 40.9 Å². The van der Waals surface area contributed by atoms with E-state index in [0.717, 1.165) is 22.5 Å². The average molecular weight is 536 g/mol. The topological polar surface area (TPSA) is 101 Å². The van der Waals surface area contributed by atoms with Crippen LogP contribution in [-0.2, 0) is 34.0 Å². The van der Waals surface area contributed by atoms with E-state index in [-0.39, 0.29) is 40.7 Å². The molecular formula is C26H24F3NO6S. The summed E-state index contributed by atoms with van der Waals surface area (Å²) in [6, 6.07) is 14.1. The summed E-state index contributed by atoms with van der Waals surface area (Å²) in [5, 5.41) is 9.01. The van der Waals surface area contributed by atoms with Crippen molar-refractivity contribution < 1.29 is 41.0 Å². The number of carbonyl (C=O) groups is 2. The molecule has 11 heteroatoms. The van der Waals surface area contributed by atoms with E-state index in [4.69, 9.17) is 9.84 Å². The molecule has 0 aliphatic carbocycles. The molecule has 0 aliphatic rings. The molecule has 0 aliphatic heterocycles. The van der Waals surface area contributed by atoms with Crippen LogP contribution in [0.25, 0.3) is 0 Å². The van der Waals surface area contributed by atoms with Crippen molar-refractivity contribution in [2.24, 2.45) is 0 Å². The van der Waals surface area contributed by atoms with E-state index < -0.39 is 34.3 Å². The fraction of sp³-hybridized carbons (Fsp3) is 0.231. The van der Waals surface area contributed by atoms with Crippen LogP contribution in [0.3, 0.4) is 0 Å². The van der Waals surface area contributed by atoms with Crippen LogP contribution in [0, 0.1) is 0 Å². The third-order valence-corrected chi connectivity index (χ3v) is 7.40. The molecule has 3 rings (SSSR count). The minimum Gasteiger partial charge on any atom is -0.481 e. The summed E-state index contributed by atoms with van der Waals surface area (Å²) in [6.45, 7) is 2.40. The first-order valence-corrected chi connectivity index (χ1v) is 12.5. The van der Waals surface area contributed by atoms with Crippen LogP contribution in [0.15, 0.2) is 71.6 Å². The van der Waals surface area contributed by atoms with Crippen LogP contribution in [0.4, 0.5) is 13.2 Å². The number of sulfonamides is 1. The molecule has 0 bridgehead atoms. The largest absolute Gasteiger partial charge is 0.481 e. The lowest BCUT2D eigenvalue weighted by Crippen LogP contribution is -2.30. The van der Waals surface area contributed by atoms with E-state index in [1.54, 1.807) is 19.1 Å². The highest BCUT2D eigenvalue weighted by Crippen LogP contribution is 2.35. The first-order chi connectivity index (χ1) is 17.3. The fourth-order valence-corrected chi connectivity index (χ4v) is 4.99. The highest BCUT2D eigenvalue weighted by molar-refractivity contribution is 7.89. The second kappa shape index (κ2) is 11.1. The molecule has 3 aromatic carbocycles. The van der Waals surface area contributed by atoms with Gasteiger partial charge in [-0.05, 0) is 55.0 Å². The Labute approximate surface area is 212 Å². The zero-order chi connectivity index (χ0) is 27.4. The first-order valence-electron chi connectivity index (χ1n) is 11.1. The molecule has 0 radical (unpaired) electrons. The maximum atomic E-state index is 13.5. The molecular weight excluding hydrogens is 511 g/mol. The predicted octanol–water partition coefficient (Wildman–Crippen LogP) is 5.54. The Kier molecular flexibility index (Phi) is 8.39. The van der Waals surface area contributed by atoms with E-state index >= 15 is 0 Å². The summed E-state index contributed by atoms with van der Waals surface area (Å²) in [7, 11) is -4.13. The number of ether oxygens (including phenoxy) is 1. The number of Topliss-reactive ketones (excluding diaryl/α,β-unsaturated/α-hetero) is 1. The summed E-state index contributed by atoms with van der Waals surface area (Å²) in [5.74, 6) is -1.13. The van der Waals surface area contributed by atoms with E-state index in [1.165, 1.54) is 43.3 Å². The van der Waals surface area contributed by atoms with Gasteiger partial charge in [-0.15, -0.1) is 0 Å². The molecule has 37 heavy (non-hydrogen) atoms. The molecule has 0 spiro atoms. The third-order valence-electron chi connectivity index (χ3n) is 5.47. The zero-order valence-corrected chi connectivity index (χ0v) is 20.8. The molecule has 196 valence electrons. The number of hydrogen-bond acceptors (Lipinski definition) is 5. The van der Waals surface area contributed by atoms with Gasteiger partial charge in [0.05, 0.1) is 16.9 Å². The van der Waals surface area contributed by atoms with E-state index in [9.17, 15) is 31.2 Å². The van der Waals surface area contributed by atoms with Crippen LogP contribution in [-0.4, -0.2) is 36.1 Å². The number of halogens is 3. The van der Waals surface area contributed by atoms with Crippen LogP contribution < -0.4 is 4.74 Å². The van der Waals surface area contributed by atoms with Gasteiger partial charge in [-0.25, -0.2) is 8.42 Å². The highest BCUT2D eigenvalue weighted by Gasteiger charge is 2.32. The molecule has 0 unspecified atom stereocenters. The Morgan fingerprint density at radius 3 is 2.24 bits per heavy atom. The van der Waals surface area contributed by atoms with Crippen molar-refractivity contribution in [3.8, 4) is 11.5 Å². The Morgan fingerprint density at radius 1 is 1.00 bits per heavy atom. The molecule has 1 N–H and O–H groups in total.